The van der Waals surface area contributed by atoms with Gasteiger partial charge in [0.05, 0.1) is 11.4 Å². The number of hydrogen-bond acceptors (Lipinski definition) is 1. The van der Waals surface area contributed by atoms with E-state index >= 15 is 0 Å². The molecule has 0 saturated heterocycles. The summed E-state index contributed by atoms with van der Waals surface area (Å²) in [7, 11) is 2.05. The van der Waals surface area contributed by atoms with Crippen molar-refractivity contribution in [3.63, 3.8) is 0 Å². The van der Waals surface area contributed by atoms with Crippen molar-refractivity contribution < 1.29 is 4.68 Å². The van der Waals surface area contributed by atoms with Crippen LogP contribution in [0.2, 0.25) is 0 Å². The number of nitrogens with zero attached hydrogens (tertiary/aromatic N) is 3. The molecule has 2 aromatic rings. The van der Waals surface area contributed by atoms with Gasteiger partial charge in [-0.2, -0.15) is 10.2 Å². The molecule has 0 spiro atoms. The van der Waals surface area contributed by atoms with Crippen LogP contribution in [0.5, 0.6) is 0 Å². The molecular weight excluding hydrogens is 308 g/mol. The van der Waals surface area contributed by atoms with Gasteiger partial charge in [0.25, 0.3) is 0 Å². The van der Waals surface area contributed by atoms with E-state index in [4.69, 9.17) is 0 Å². The Morgan fingerprint density at radius 3 is 2.16 bits per heavy atom. The zero-order chi connectivity index (χ0) is 18.5. The molecule has 1 atom stereocenters. The topological polar surface area (TPSA) is 37.5 Å². The van der Waals surface area contributed by atoms with Crippen molar-refractivity contribution in [3.05, 3.63) is 33.9 Å². The summed E-state index contributed by atoms with van der Waals surface area (Å²) in [6.07, 6.45) is 2.68. The van der Waals surface area contributed by atoms with Crippen LogP contribution in [0.25, 0.3) is 0 Å². The second-order valence-electron chi connectivity index (χ2n) is 8.63. The van der Waals surface area contributed by atoms with Gasteiger partial charge in [0, 0.05) is 35.7 Å². The lowest BCUT2D eigenvalue weighted by Crippen LogP contribution is -2.42. The van der Waals surface area contributed by atoms with Crippen molar-refractivity contribution >= 4 is 0 Å². The van der Waals surface area contributed by atoms with Crippen molar-refractivity contribution in [1.82, 2.24) is 14.9 Å². The Morgan fingerprint density at radius 2 is 1.72 bits per heavy atom. The molecule has 0 aromatic carbocycles. The van der Waals surface area contributed by atoms with E-state index in [1.165, 1.54) is 35.5 Å². The summed E-state index contributed by atoms with van der Waals surface area (Å²) in [5, 5.41) is 8.41. The molecule has 4 nitrogen and oxygen atoms in total. The molecule has 2 heterocycles. The van der Waals surface area contributed by atoms with E-state index in [9.17, 15) is 0 Å². The number of rotatable bonds is 6. The SMILES string of the molecule is Cc1nn(C)c(C)c1C(C)C[n+]1[nH]c(C(C)C)c(C(C)C)c1C1CC1. The Bertz CT molecular complexity index is 759. The largest absolute Gasteiger partial charge is 0.272 e. The minimum absolute atomic E-state index is 0.454. The maximum absolute atomic E-state index is 4.62. The van der Waals surface area contributed by atoms with Gasteiger partial charge in [0.2, 0.25) is 5.69 Å². The molecule has 1 N–H and O–H groups in total. The fraction of sp³-hybridized carbons (Fsp3) is 0.714. The van der Waals surface area contributed by atoms with Crippen LogP contribution < -0.4 is 4.68 Å². The molecule has 1 fully saturated rings. The van der Waals surface area contributed by atoms with Crippen LogP contribution >= 0.6 is 0 Å². The van der Waals surface area contributed by atoms with E-state index in [-0.39, 0.29) is 0 Å². The molecule has 1 saturated carbocycles. The summed E-state index contributed by atoms with van der Waals surface area (Å²) in [6, 6.07) is 0. The van der Waals surface area contributed by atoms with Crippen molar-refractivity contribution in [2.75, 3.05) is 0 Å². The highest BCUT2D eigenvalue weighted by Gasteiger charge is 2.40. The van der Waals surface area contributed by atoms with E-state index in [1.54, 1.807) is 11.3 Å². The van der Waals surface area contributed by atoms with E-state index in [0.29, 0.717) is 17.8 Å². The molecule has 0 amide bonds. The van der Waals surface area contributed by atoms with Gasteiger partial charge in [-0.3, -0.25) is 4.68 Å². The zero-order valence-corrected chi connectivity index (χ0v) is 17.3. The van der Waals surface area contributed by atoms with Gasteiger partial charge in [-0.1, -0.05) is 34.6 Å². The predicted molar refractivity (Wildman–Crippen MR) is 102 cm³/mol. The Kier molecular flexibility index (Phi) is 4.82. The molecule has 25 heavy (non-hydrogen) atoms. The third kappa shape index (κ3) is 3.28. The Labute approximate surface area is 152 Å². The van der Waals surface area contributed by atoms with Crippen LogP contribution in [-0.4, -0.2) is 14.9 Å². The van der Waals surface area contributed by atoms with Crippen LogP contribution in [0.1, 0.15) is 105 Å². The van der Waals surface area contributed by atoms with Crippen molar-refractivity contribution in [2.45, 2.75) is 91.5 Å². The number of aromatic nitrogens is 4. The van der Waals surface area contributed by atoms with E-state index in [1.807, 2.05) is 11.7 Å². The molecule has 4 heteroatoms. The Balaban J connectivity index is 2.01. The lowest BCUT2D eigenvalue weighted by Gasteiger charge is -2.10. The molecule has 1 aliphatic rings. The molecular formula is C21H35N4+. The van der Waals surface area contributed by atoms with Crippen LogP contribution in [0.4, 0.5) is 0 Å². The second-order valence-corrected chi connectivity index (χ2v) is 8.63. The average Bonchev–Trinajstić information content (AvgIpc) is 3.22. The Hall–Kier alpha value is -1.58. The van der Waals surface area contributed by atoms with Crippen LogP contribution in [0.3, 0.4) is 0 Å². The minimum Gasteiger partial charge on any atom is -0.272 e. The average molecular weight is 344 g/mol. The number of hydrogen-bond donors (Lipinski definition) is 1. The van der Waals surface area contributed by atoms with Crippen LogP contribution in [-0.2, 0) is 13.6 Å². The van der Waals surface area contributed by atoms with Gasteiger partial charge >= 0.3 is 0 Å². The number of aromatic amines is 1. The highest BCUT2D eigenvalue weighted by Crippen LogP contribution is 2.43. The van der Waals surface area contributed by atoms with Gasteiger partial charge < -0.3 is 0 Å². The monoisotopic (exact) mass is 343 g/mol. The quantitative estimate of drug-likeness (QED) is 0.766. The summed E-state index contributed by atoms with van der Waals surface area (Å²) in [5.74, 6) is 2.32. The lowest BCUT2D eigenvalue weighted by atomic mass is 9.93. The molecule has 3 rings (SSSR count). The lowest BCUT2D eigenvalue weighted by molar-refractivity contribution is -0.759. The summed E-state index contributed by atoms with van der Waals surface area (Å²) in [6.45, 7) is 17.0. The first kappa shape index (κ1) is 18.2. The fourth-order valence-corrected chi connectivity index (χ4v) is 4.41. The first-order valence-corrected chi connectivity index (χ1v) is 9.87. The summed E-state index contributed by atoms with van der Waals surface area (Å²) >= 11 is 0. The van der Waals surface area contributed by atoms with E-state index in [0.717, 1.165) is 12.5 Å². The maximum Gasteiger partial charge on any atom is 0.214 e. The zero-order valence-electron chi connectivity index (χ0n) is 17.3. The third-order valence-electron chi connectivity index (χ3n) is 5.75. The van der Waals surface area contributed by atoms with Gasteiger partial charge in [-0.05, 0) is 38.5 Å². The summed E-state index contributed by atoms with van der Waals surface area (Å²) in [4.78, 5) is 0. The van der Waals surface area contributed by atoms with Crippen molar-refractivity contribution in [2.24, 2.45) is 7.05 Å². The Morgan fingerprint density at radius 1 is 1.08 bits per heavy atom. The number of aryl methyl sites for hydroxylation is 2. The molecule has 1 aliphatic carbocycles. The standard InChI is InChI=1S/C21H34N4/c1-12(2)18-20(13(3)4)23-25(21(18)17-9-10-17)11-14(5)19-15(6)22-24(8)16(19)7/h12-14,17H,9-11H2,1-8H3/p+1. The minimum atomic E-state index is 0.454. The molecule has 0 bridgehead atoms. The molecule has 0 aliphatic heterocycles. The molecule has 1 unspecified atom stereocenters. The van der Waals surface area contributed by atoms with Gasteiger partial charge in [0.1, 0.15) is 0 Å². The van der Waals surface area contributed by atoms with Crippen molar-refractivity contribution in [3.8, 4) is 0 Å². The van der Waals surface area contributed by atoms with Crippen LogP contribution in [0, 0.1) is 13.8 Å². The van der Waals surface area contributed by atoms with E-state index in [2.05, 4.69) is 63.3 Å². The van der Waals surface area contributed by atoms with Crippen LogP contribution in [0.15, 0.2) is 0 Å². The maximum atomic E-state index is 4.62. The first-order valence-electron chi connectivity index (χ1n) is 9.87. The molecule has 138 valence electrons. The highest BCUT2D eigenvalue weighted by atomic mass is 15.3. The molecule has 0 radical (unpaired) electrons. The van der Waals surface area contributed by atoms with Crippen molar-refractivity contribution in [1.29, 1.82) is 0 Å². The smallest absolute Gasteiger partial charge is 0.214 e. The number of nitrogens with one attached hydrogen (secondary N) is 1. The second kappa shape index (κ2) is 6.62. The van der Waals surface area contributed by atoms with E-state index < -0.39 is 0 Å². The number of H-pyrrole nitrogens is 1. The highest BCUT2D eigenvalue weighted by molar-refractivity contribution is 5.32. The normalized spacial score (nSPS) is 16.2. The molecule has 2 aromatic heterocycles. The van der Waals surface area contributed by atoms with Gasteiger partial charge in [-0.25, -0.2) is 0 Å². The predicted octanol–water partition coefficient (Wildman–Crippen LogP) is 4.58. The summed E-state index contributed by atoms with van der Waals surface area (Å²) < 4.78 is 4.49. The first-order chi connectivity index (χ1) is 11.7. The fourth-order valence-electron chi connectivity index (χ4n) is 4.41. The third-order valence-corrected chi connectivity index (χ3v) is 5.75. The summed E-state index contributed by atoms with van der Waals surface area (Å²) in [5.41, 5.74) is 8.44. The van der Waals surface area contributed by atoms with Gasteiger partial charge in [0.15, 0.2) is 6.54 Å². The van der Waals surface area contributed by atoms with Gasteiger partial charge in [-0.15, -0.1) is 4.68 Å².